The molecule has 1 atom stereocenters. The van der Waals surface area contributed by atoms with Gasteiger partial charge >= 0.3 is 0 Å². The number of halogens is 1. The van der Waals surface area contributed by atoms with E-state index < -0.39 is 0 Å². The summed E-state index contributed by atoms with van der Waals surface area (Å²) in [6.45, 7) is 4.45. The molecule has 3 aromatic rings. The molecule has 0 aliphatic heterocycles. The fourth-order valence-corrected chi connectivity index (χ4v) is 4.13. The highest BCUT2D eigenvalue weighted by molar-refractivity contribution is 7.22. The minimum atomic E-state index is 0.297. The monoisotopic (exact) mass is 322 g/mol. The summed E-state index contributed by atoms with van der Waals surface area (Å²) in [5, 5.41) is 7.36. The van der Waals surface area contributed by atoms with Gasteiger partial charge in [-0.2, -0.15) is 0 Å². The molecular weight excluding hydrogens is 308 g/mol. The van der Waals surface area contributed by atoms with E-state index in [9.17, 15) is 0 Å². The Labute approximate surface area is 131 Å². The molecule has 0 radical (unpaired) electrons. The van der Waals surface area contributed by atoms with E-state index in [1.165, 1.54) is 4.88 Å². The molecular formula is C15H15ClN2S2. The van der Waals surface area contributed by atoms with Crippen molar-refractivity contribution in [2.24, 2.45) is 5.92 Å². The largest absolute Gasteiger partial charge is 0.354 e. The van der Waals surface area contributed by atoms with E-state index in [2.05, 4.69) is 41.7 Å². The molecule has 2 aromatic heterocycles. The third-order valence-corrected chi connectivity index (χ3v) is 5.30. The average Bonchev–Trinajstić information content (AvgIpc) is 3.03. The van der Waals surface area contributed by atoms with Crippen LogP contribution in [0, 0.1) is 5.92 Å². The van der Waals surface area contributed by atoms with E-state index in [4.69, 9.17) is 11.6 Å². The van der Waals surface area contributed by atoms with Gasteiger partial charge in [-0.05, 0) is 35.6 Å². The van der Waals surface area contributed by atoms with Crippen molar-refractivity contribution < 1.29 is 0 Å². The van der Waals surface area contributed by atoms with Crippen LogP contribution < -0.4 is 5.32 Å². The van der Waals surface area contributed by atoms with E-state index in [0.717, 1.165) is 20.4 Å². The Kier molecular flexibility index (Phi) is 3.96. The fourth-order valence-electron chi connectivity index (χ4n) is 2.13. The second-order valence-corrected chi connectivity index (χ2v) is 7.46. The second-order valence-electron chi connectivity index (χ2n) is 5.01. The Balaban J connectivity index is 1.90. The number of benzene rings is 1. The number of aromatic nitrogens is 1. The van der Waals surface area contributed by atoms with Gasteiger partial charge in [-0.1, -0.05) is 42.9 Å². The lowest BCUT2D eigenvalue weighted by atomic mass is 10.0. The molecule has 1 N–H and O–H groups in total. The van der Waals surface area contributed by atoms with Crippen LogP contribution in [0.25, 0.3) is 10.2 Å². The van der Waals surface area contributed by atoms with Gasteiger partial charge in [0.15, 0.2) is 5.13 Å². The maximum Gasteiger partial charge on any atom is 0.184 e. The first-order chi connectivity index (χ1) is 9.63. The van der Waals surface area contributed by atoms with Gasteiger partial charge in [0.05, 0.1) is 16.3 Å². The zero-order valence-corrected chi connectivity index (χ0v) is 13.6. The molecule has 2 heterocycles. The molecule has 2 nitrogen and oxygen atoms in total. The summed E-state index contributed by atoms with van der Waals surface area (Å²) in [5.41, 5.74) is 0.957. The molecule has 104 valence electrons. The van der Waals surface area contributed by atoms with Gasteiger partial charge in [0, 0.05) is 9.90 Å². The smallest absolute Gasteiger partial charge is 0.184 e. The van der Waals surface area contributed by atoms with Gasteiger partial charge < -0.3 is 5.32 Å². The van der Waals surface area contributed by atoms with E-state index in [-0.39, 0.29) is 0 Å². The van der Waals surface area contributed by atoms with Crippen molar-refractivity contribution in [2.75, 3.05) is 5.32 Å². The van der Waals surface area contributed by atoms with Crippen LogP contribution in [-0.2, 0) is 0 Å². The highest BCUT2D eigenvalue weighted by Crippen LogP contribution is 2.34. The number of nitrogens with zero attached hydrogens (tertiary/aromatic N) is 1. The molecule has 0 fully saturated rings. The molecule has 0 amide bonds. The van der Waals surface area contributed by atoms with Crippen molar-refractivity contribution >= 4 is 49.6 Å². The van der Waals surface area contributed by atoms with Crippen LogP contribution in [0.15, 0.2) is 35.7 Å². The first-order valence-electron chi connectivity index (χ1n) is 6.49. The highest BCUT2D eigenvalue weighted by atomic mass is 35.5. The van der Waals surface area contributed by atoms with Crippen LogP contribution in [0.2, 0.25) is 5.02 Å². The first kappa shape index (κ1) is 13.9. The van der Waals surface area contributed by atoms with Crippen LogP contribution in [0.4, 0.5) is 5.13 Å². The number of rotatable bonds is 4. The number of fused-ring (bicyclic) bond motifs is 1. The highest BCUT2D eigenvalue weighted by Gasteiger charge is 2.18. The van der Waals surface area contributed by atoms with Crippen molar-refractivity contribution in [1.82, 2.24) is 4.98 Å². The third-order valence-electron chi connectivity index (χ3n) is 3.14. The molecule has 1 unspecified atom stereocenters. The number of nitrogens with one attached hydrogen (secondary N) is 1. The standard InChI is InChI=1S/C15H15ClN2S2/c1-9(2)14(13-4-3-7-19-13)18-15-17-11-8-10(16)5-6-12(11)20-15/h3-9,14H,1-2H3,(H,17,18). The number of hydrogen-bond donors (Lipinski definition) is 1. The van der Waals surface area contributed by atoms with Crippen molar-refractivity contribution in [3.63, 3.8) is 0 Å². The predicted molar refractivity (Wildman–Crippen MR) is 90.2 cm³/mol. The van der Waals surface area contributed by atoms with Gasteiger partial charge in [0.2, 0.25) is 0 Å². The summed E-state index contributed by atoms with van der Waals surface area (Å²) >= 11 is 9.47. The molecule has 0 bridgehead atoms. The number of anilines is 1. The van der Waals surface area contributed by atoms with E-state index in [1.807, 2.05) is 18.2 Å². The lowest BCUT2D eigenvalue weighted by Crippen LogP contribution is -2.15. The lowest BCUT2D eigenvalue weighted by molar-refractivity contribution is 0.553. The summed E-state index contributed by atoms with van der Waals surface area (Å²) in [6, 6.07) is 10.4. The maximum atomic E-state index is 6.01. The summed E-state index contributed by atoms with van der Waals surface area (Å²) in [4.78, 5) is 5.98. The van der Waals surface area contributed by atoms with Gasteiger partial charge in [-0.25, -0.2) is 4.98 Å². The van der Waals surface area contributed by atoms with Crippen LogP contribution in [0.5, 0.6) is 0 Å². The number of thiazole rings is 1. The SMILES string of the molecule is CC(C)C(Nc1nc2cc(Cl)ccc2s1)c1cccs1. The van der Waals surface area contributed by atoms with Crippen molar-refractivity contribution in [3.05, 3.63) is 45.6 Å². The first-order valence-corrected chi connectivity index (χ1v) is 8.57. The lowest BCUT2D eigenvalue weighted by Gasteiger charge is -2.20. The maximum absolute atomic E-state index is 6.01. The van der Waals surface area contributed by atoms with Gasteiger partial charge in [0.25, 0.3) is 0 Å². The normalized spacial score (nSPS) is 13.0. The van der Waals surface area contributed by atoms with Crippen molar-refractivity contribution in [3.8, 4) is 0 Å². The zero-order valence-electron chi connectivity index (χ0n) is 11.3. The topological polar surface area (TPSA) is 24.9 Å². The predicted octanol–water partition coefficient (Wildman–Crippen LogP) is 5.82. The van der Waals surface area contributed by atoms with Crippen molar-refractivity contribution in [2.45, 2.75) is 19.9 Å². The summed E-state index contributed by atoms with van der Waals surface area (Å²) in [6.07, 6.45) is 0. The Morgan fingerprint density at radius 2 is 2.10 bits per heavy atom. The van der Waals surface area contributed by atoms with E-state index >= 15 is 0 Å². The quantitative estimate of drug-likeness (QED) is 0.654. The molecule has 1 aromatic carbocycles. The zero-order chi connectivity index (χ0) is 14.1. The minimum Gasteiger partial charge on any atom is -0.354 e. The van der Waals surface area contributed by atoms with E-state index in [0.29, 0.717) is 12.0 Å². The van der Waals surface area contributed by atoms with Crippen LogP contribution in [0.1, 0.15) is 24.8 Å². The summed E-state index contributed by atoms with van der Waals surface area (Å²) in [7, 11) is 0. The van der Waals surface area contributed by atoms with Crippen LogP contribution >= 0.6 is 34.3 Å². The Morgan fingerprint density at radius 3 is 2.80 bits per heavy atom. The average molecular weight is 323 g/mol. The molecule has 3 rings (SSSR count). The third kappa shape index (κ3) is 2.82. The molecule has 0 saturated heterocycles. The molecule has 5 heteroatoms. The van der Waals surface area contributed by atoms with Crippen LogP contribution in [-0.4, -0.2) is 4.98 Å². The van der Waals surface area contributed by atoms with Gasteiger partial charge in [-0.3, -0.25) is 0 Å². The number of thiophene rings is 1. The minimum absolute atomic E-state index is 0.297. The van der Waals surface area contributed by atoms with Crippen LogP contribution in [0.3, 0.4) is 0 Å². The summed E-state index contributed by atoms with van der Waals surface area (Å²) in [5.74, 6) is 0.504. The summed E-state index contributed by atoms with van der Waals surface area (Å²) < 4.78 is 1.16. The fraction of sp³-hybridized carbons (Fsp3) is 0.267. The molecule has 0 spiro atoms. The Bertz CT molecular complexity index is 704. The molecule has 20 heavy (non-hydrogen) atoms. The molecule has 0 aliphatic carbocycles. The molecule has 0 saturated carbocycles. The second kappa shape index (κ2) is 5.72. The van der Waals surface area contributed by atoms with Gasteiger partial charge in [0.1, 0.15) is 0 Å². The van der Waals surface area contributed by atoms with Crippen molar-refractivity contribution in [1.29, 1.82) is 0 Å². The van der Waals surface area contributed by atoms with Gasteiger partial charge in [-0.15, -0.1) is 11.3 Å². The Hall–Kier alpha value is -1.10. The molecule has 0 aliphatic rings. The Morgan fingerprint density at radius 1 is 1.25 bits per heavy atom. The van der Waals surface area contributed by atoms with E-state index in [1.54, 1.807) is 22.7 Å². The number of hydrogen-bond acceptors (Lipinski definition) is 4.